The van der Waals surface area contributed by atoms with E-state index in [1.54, 1.807) is 0 Å². The molecule has 0 aliphatic rings. The van der Waals surface area contributed by atoms with E-state index in [0.29, 0.717) is 31.6 Å². The Morgan fingerprint density at radius 3 is 0.676 bits per heavy atom. The molecule has 17 nitrogen and oxygen atoms in total. The van der Waals surface area contributed by atoms with Gasteiger partial charge < -0.3 is 33.8 Å². The van der Waals surface area contributed by atoms with E-state index in [1.165, 1.54) is 244 Å². The molecule has 0 heterocycles. The molecule has 0 aliphatic heterocycles. The predicted octanol–water partition coefficient (Wildman–Crippen LogP) is 25.9. The van der Waals surface area contributed by atoms with Crippen LogP contribution in [0.15, 0.2) is 0 Å². The molecule has 0 aliphatic carbocycles. The van der Waals surface area contributed by atoms with E-state index < -0.39 is 97.5 Å². The highest BCUT2D eigenvalue weighted by Gasteiger charge is 2.31. The second-order valence-corrected chi connectivity index (χ2v) is 35.5. The average Bonchev–Trinajstić information content (AvgIpc) is 0.908. The zero-order valence-corrected chi connectivity index (χ0v) is 71.2. The number of unbranched alkanes of at least 4 members (excludes halogenated alkanes) is 48. The molecule has 0 saturated heterocycles. The zero-order valence-electron chi connectivity index (χ0n) is 69.4. The van der Waals surface area contributed by atoms with Gasteiger partial charge in [0, 0.05) is 25.7 Å². The minimum absolute atomic E-state index is 0.107. The lowest BCUT2D eigenvalue weighted by Gasteiger charge is -2.21. The lowest BCUT2D eigenvalue weighted by molar-refractivity contribution is -0.161. The molecule has 4 unspecified atom stereocenters. The van der Waals surface area contributed by atoms with Crippen LogP contribution in [0, 0.1) is 23.7 Å². The molecule has 3 N–H and O–H groups in total. The van der Waals surface area contributed by atoms with E-state index in [0.717, 1.165) is 114 Å². The van der Waals surface area contributed by atoms with Gasteiger partial charge in [-0.05, 0) is 49.4 Å². The monoisotopic (exact) mass is 1540 g/mol. The summed E-state index contributed by atoms with van der Waals surface area (Å²) in [5.74, 6) is 1.05. The first-order valence-corrected chi connectivity index (χ1v) is 47.2. The zero-order chi connectivity index (χ0) is 77.4. The summed E-state index contributed by atoms with van der Waals surface area (Å²) in [7, 11) is -9.93. The van der Waals surface area contributed by atoms with Crippen molar-refractivity contribution in [2.75, 3.05) is 39.6 Å². The fraction of sp³-hybridized carbons (Fsp3) is 0.953. The highest BCUT2D eigenvalue weighted by atomic mass is 31.2. The smallest absolute Gasteiger partial charge is 0.462 e. The van der Waals surface area contributed by atoms with Gasteiger partial charge in [0.15, 0.2) is 12.2 Å². The number of carbonyl (C=O) groups is 4. The van der Waals surface area contributed by atoms with Gasteiger partial charge in [0.05, 0.1) is 26.4 Å². The molecule has 0 saturated carbocycles. The number of hydrogen-bond acceptors (Lipinski definition) is 15. The third-order valence-corrected chi connectivity index (χ3v) is 22.3. The molecule has 19 heteroatoms. The van der Waals surface area contributed by atoms with E-state index in [-0.39, 0.29) is 25.7 Å². The van der Waals surface area contributed by atoms with Crippen LogP contribution in [-0.2, 0) is 65.4 Å². The molecule has 0 rings (SSSR count). The lowest BCUT2D eigenvalue weighted by atomic mass is 9.99. The van der Waals surface area contributed by atoms with E-state index in [1.807, 2.05) is 0 Å². The maximum Gasteiger partial charge on any atom is 0.472 e. The number of aliphatic hydroxyl groups excluding tert-OH is 1. The van der Waals surface area contributed by atoms with Crippen molar-refractivity contribution >= 4 is 39.5 Å². The molecule has 0 amide bonds. The summed E-state index contributed by atoms with van der Waals surface area (Å²) in [4.78, 5) is 73.2. The quantitative estimate of drug-likeness (QED) is 0.0222. The number of rotatable bonds is 83. The maximum absolute atomic E-state index is 13.1. The maximum atomic E-state index is 13.1. The number of hydrogen-bond donors (Lipinski definition) is 3. The summed E-state index contributed by atoms with van der Waals surface area (Å²) in [6.45, 7) is 14.3. The summed E-state index contributed by atoms with van der Waals surface area (Å²) in [5, 5.41) is 10.7. The molecule has 0 aromatic rings. The summed E-state index contributed by atoms with van der Waals surface area (Å²) in [6.07, 6.45) is 63.9. The number of phosphoric acid groups is 2. The SMILES string of the molecule is CCC(C)CCCCCCCCCCCCCCCCC(=O)O[C@H](COC(=O)CCCCCCCCCCCCCCCC(C)C)COP(=O)(O)OCC(O)COP(=O)(O)OC[C@@H](COC(=O)CCCCCCCCCC(C)C)OC(=O)CCCCCCCCCCCCCCCCCCCCC(C)C. The molecule has 6 atom stereocenters. The average molecular weight is 1540 g/mol. The lowest BCUT2D eigenvalue weighted by Crippen LogP contribution is -2.30. The third kappa shape index (κ3) is 78.5. The summed E-state index contributed by atoms with van der Waals surface area (Å²) in [6, 6.07) is 0. The minimum atomic E-state index is -4.97. The topological polar surface area (TPSA) is 237 Å². The van der Waals surface area contributed by atoms with Gasteiger partial charge in [0.1, 0.15) is 19.3 Å². The standard InChI is InChI=1S/C86H168O17P2/c1-9-79(8)65-57-49-41-33-27-21-16-17-23-30-36-44-53-61-69-85(90)102-81(72-96-83(88)66-58-50-42-34-28-24-18-20-26-32-39-47-55-63-77(4)5)74-100-104(92,93)98-70-80(87)71-99-105(94,95)101-75-82(73-97-84(89)67-59-51-45-37-40-48-56-64-78(6)7)103-86(91)68-60-52-43-35-29-22-15-13-11-10-12-14-19-25-31-38-46-54-62-76(2)3/h76-82,87H,9-75H2,1-8H3,(H,92,93)(H,94,95)/t79?,80?,81-,82-/m1/s1. The first-order valence-electron chi connectivity index (χ1n) is 44.2. The van der Waals surface area contributed by atoms with E-state index >= 15 is 0 Å². The van der Waals surface area contributed by atoms with Crippen LogP contribution in [0.25, 0.3) is 0 Å². The second kappa shape index (κ2) is 74.8. The van der Waals surface area contributed by atoms with Crippen molar-refractivity contribution in [1.82, 2.24) is 0 Å². The first-order chi connectivity index (χ1) is 50.6. The molecule has 0 bridgehead atoms. The molecular formula is C86H168O17P2. The minimum Gasteiger partial charge on any atom is -0.462 e. The van der Waals surface area contributed by atoms with Gasteiger partial charge >= 0.3 is 39.5 Å². The Morgan fingerprint density at radius 1 is 0.267 bits per heavy atom. The van der Waals surface area contributed by atoms with Crippen LogP contribution in [0.4, 0.5) is 0 Å². The molecule has 0 radical (unpaired) electrons. The number of aliphatic hydroxyl groups is 1. The van der Waals surface area contributed by atoms with Gasteiger partial charge in [-0.25, -0.2) is 9.13 Å². The summed E-state index contributed by atoms with van der Waals surface area (Å²) >= 11 is 0. The Kier molecular flexibility index (Phi) is 73.4. The van der Waals surface area contributed by atoms with Crippen LogP contribution in [0.1, 0.15) is 447 Å². The van der Waals surface area contributed by atoms with E-state index in [9.17, 15) is 43.2 Å². The van der Waals surface area contributed by atoms with E-state index in [2.05, 4.69) is 55.4 Å². The molecule has 0 spiro atoms. The number of carbonyl (C=O) groups excluding carboxylic acids is 4. The Hall–Kier alpha value is -1.94. The number of phosphoric ester groups is 2. The van der Waals surface area contributed by atoms with Gasteiger partial charge in [-0.15, -0.1) is 0 Å². The Bertz CT molecular complexity index is 2040. The fourth-order valence-electron chi connectivity index (χ4n) is 13.3. The van der Waals surface area contributed by atoms with Crippen molar-refractivity contribution in [2.45, 2.75) is 465 Å². The van der Waals surface area contributed by atoms with Gasteiger partial charge in [-0.2, -0.15) is 0 Å². The van der Waals surface area contributed by atoms with Crippen LogP contribution >= 0.6 is 15.6 Å². The summed E-state index contributed by atoms with van der Waals surface area (Å²) < 4.78 is 68.9. The van der Waals surface area contributed by atoms with Crippen LogP contribution in [0.2, 0.25) is 0 Å². The van der Waals surface area contributed by atoms with Crippen molar-refractivity contribution < 1.29 is 80.2 Å². The predicted molar refractivity (Wildman–Crippen MR) is 432 cm³/mol. The largest absolute Gasteiger partial charge is 0.472 e. The van der Waals surface area contributed by atoms with Gasteiger partial charge in [-0.3, -0.25) is 37.3 Å². The van der Waals surface area contributed by atoms with Crippen molar-refractivity contribution in [3.05, 3.63) is 0 Å². The molecule has 0 fully saturated rings. The van der Waals surface area contributed by atoms with Gasteiger partial charge in [-0.1, -0.05) is 396 Å². The van der Waals surface area contributed by atoms with Crippen molar-refractivity contribution in [3.8, 4) is 0 Å². The number of esters is 4. The molecule has 105 heavy (non-hydrogen) atoms. The summed E-state index contributed by atoms with van der Waals surface area (Å²) in [5.41, 5.74) is 0. The van der Waals surface area contributed by atoms with Crippen molar-refractivity contribution in [1.29, 1.82) is 0 Å². The molecule has 0 aromatic carbocycles. The van der Waals surface area contributed by atoms with Crippen molar-refractivity contribution in [3.63, 3.8) is 0 Å². The molecular weight excluding hydrogens is 1370 g/mol. The van der Waals surface area contributed by atoms with E-state index in [4.69, 9.17) is 37.0 Å². The Balaban J connectivity index is 5.22. The van der Waals surface area contributed by atoms with Crippen LogP contribution in [0.5, 0.6) is 0 Å². The van der Waals surface area contributed by atoms with Gasteiger partial charge in [0.2, 0.25) is 0 Å². The molecule has 624 valence electrons. The Labute approximate surface area is 645 Å². The Morgan fingerprint density at radius 2 is 0.457 bits per heavy atom. The van der Waals surface area contributed by atoms with Crippen LogP contribution in [0.3, 0.4) is 0 Å². The first kappa shape index (κ1) is 103. The normalized spacial score (nSPS) is 14.2. The highest BCUT2D eigenvalue weighted by molar-refractivity contribution is 7.47. The van der Waals surface area contributed by atoms with Gasteiger partial charge in [0.25, 0.3) is 0 Å². The van der Waals surface area contributed by atoms with Crippen LogP contribution in [-0.4, -0.2) is 96.7 Å². The third-order valence-electron chi connectivity index (χ3n) is 20.4. The fourth-order valence-corrected chi connectivity index (χ4v) is 14.9. The molecule has 0 aromatic heterocycles. The van der Waals surface area contributed by atoms with Crippen LogP contribution < -0.4 is 0 Å². The number of ether oxygens (including phenoxy) is 4. The second-order valence-electron chi connectivity index (χ2n) is 32.6. The van der Waals surface area contributed by atoms with Crippen molar-refractivity contribution in [2.24, 2.45) is 23.7 Å². The highest BCUT2D eigenvalue weighted by Crippen LogP contribution is 2.45.